The van der Waals surface area contributed by atoms with Crippen LogP contribution in [0.2, 0.25) is 0 Å². The number of rotatable bonds is 8. The lowest BCUT2D eigenvalue weighted by atomic mass is 9.83. The Hall–Kier alpha value is -1.02. The van der Waals surface area contributed by atoms with Gasteiger partial charge in [-0.15, -0.1) is 24.0 Å². The number of halogens is 1. The first-order chi connectivity index (χ1) is 11.5. The van der Waals surface area contributed by atoms with Gasteiger partial charge in [-0.2, -0.15) is 0 Å². The average Bonchev–Trinajstić information content (AvgIpc) is 3.02. The maximum Gasteiger partial charge on any atom is 0.193 e. The maximum absolute atomic E-state index is 6.07. The second-order valence-corrected chi connectivity index (χ2v) is 6.97. The van der Waals surface area contributed by atoms with E-state index in [1.54, 1.807) is 7.11 Å². The third-order valence-corrected chi connectivity index (χ3v) is 4.58. The van der Waals surface area contributed by atoms with Crippen LogP contribution in [0, 0.1) is 5.41 Å². The summed E-state index contributed by atoms with van der Waals surface area (Å²) in [6, 6.07) is 7.78. The van der Waals surface area contributed by atoms with Crippen molar-refractivity contribution in [3.05, 3.63) is 24.3 Å². The van der Waals surface area contributed by atoms with E-state index in [4.69, 9.17) is 15.2 Å². The zero-order valence-electron chi connectivity index (χ0n) is 15.6. The molecule has 1 saturated carbocycles. The van der Waals surface area contributed by atoms with Crippen molar-refractivity contribution in [2.75, 3.05) is 25.6 Å². The summed E-state index contributed by atoms with van der Waals surface area (Å²) in [5.41, 5.74) is 7.25. The number of nitrogens with two attached hydrogens (primary N) is 1. The molecule has 0 aromatic heterocycles. The SMILES string of the molecule is COCCC1(CN=C(N)Nc2ccc(OC(C)C)cc2)CCCC1.I. The Labute approximate surface area is 168 Å². The first-order valence-electron chi connectivity index (χ1n) is 8.86. The van der Waals surface area contributed by atoms with Crippen molar-refractivity contribution in [2.45, 2.75) is 52.1 Å². The van der Waals surface area contributed by atoms with E-state index in [1.165, 1.54) is 25.7 Å². The van der Waals surface area contributed by atoms with Gasteiger partial charge in [0, 0.05) is 25.9 Å². The predicted molar refractivity (Wildman–Crippen MR) is 115 cm³/mol. The van der Waals surface area contributed by atoms with Gasteiger partial charge >= 0.3 is 0 Å². The lowest BCUT2D eigenvalue weighted by molar-refractivity contribution is 0.141. The zero-order valence-corrected chi connectivity index (χ0v) is 17.9. The van der Waals surface area contributed by atoms with Gasteiger partial charge < -0.3 is 20.5 Å². The molecule has 0 spiro atoms. The van der Waals surface area contributed by atoms with Crippen LogP contribution in [-0.4, -0.2) is 32.3 Å². The third-order valence-electron chi connectivity index (χ3n) is 4.58. The predicted octanol–water partition coefficient (Wildman–Crippen LogP) is 4.42. The fourth-order valence-electron chi connectivity index (χ4n) is 3.26. The molecule has 142 valence electrons. The maximum atomic E-state index is 6.07. The number of guanidine groups is 1. The molecule has 1 fully saturated rings. The van der Waals surface area contributed by atoms with E-state index in [9.17, 15) is 0 Å². The summed E-state index contributed by atoms with van der Waals surface area (Å²) in [6.45, 7) is 5.59. The molecule has 2 rings (SSSR count). The first-order valence-corrected chi connectivity index (χ1v) is 8.86. The Kier molecular flexibility index (Phi) is 9.56. The molecule has 3 N–H and O–H groups in total. The molecule has 0 heterocycles. The van der Waals surface area contributed by atoms with Crippen LogP contribution in [0.15, 0.2) is 29.3 Å². The molecule has 0 radical (unpaired) electrons. The molecule has 1 aliphatic carbocycles. The van der Waals surface area contributed by atoms with Gasteiger partial charge in [0.05, 0.1) is 6.10 Å². The Balaban J connectivity index is 0.00000312. The van der Waals surface area contributed by atoms with Crippen LogP contribution in [0.5, 0.6) is 5.75 Å². The summed E-state index contributed by atoms with van der Waals surface area (Å²) < 4.78 is 10.9. The summed E-state index contributed by atoms with van der Waals surface area (Å²) in [5, 5.41) is 3.16. The van der Waals surface area contributed by atoms with Crippen molar-refractivity contribution < 1.29 is 9.47 Å². The number of methoxy groups -OCH3 is 1. The number of nitrogens with zero attached hydrogens (tertiary/aromatic N) is 1. The molecule has 0 amide bonds. The summed E-state index contributed by atoms with van der Waals surface area (Å²) in [5.74, 6) is 1.33. The van der Waals surface area contributed by atoms with E-state index >= 15 is 0 Å². The highest BCUT2D eigenvalue weighted by atomic mass is 127. The van der Waals surface area contributed by atoms with Crippen LogP contribution in [0.4, 0.5) is 5.69 Å². The largest absolute Gasteiger partial charge is 0.491 e. The molecule has 25 heavy (non-hydrogen) atoms. The number of hydrogen-bond donors (Lipinski definition) is 2. The molecule has 1 aromatic rings. The minimum Gasteiger partial charge on any atom is -0.491 e. The van der Waals surface area contributed by atoms with E-state index in [2.05, 4.69) is 10.3 Å². The summed E-state index contributed by atoms with van der Waals surface area (Å²) in [6.07, 6.45) is 6.23. The van der Waals surface area contributed by atoms with Gasteiger partial charge in [-0.1, -0.05) is 12.8 Å². The van der Waals surface area contributed by atoms with E-state index in [-0.39, 0.29) is 35.5 Å². The van der Waals surface area contributed by atoms with Gasteiger partial charge in [0.25, 0.3) is 0 Å². The standard InChI is InChI=1S/C19H31N3O2.HI/c1-15(2)24-17-8-6-16(7-9-17)22-18(20)21-14-19(12-13-23-3)10-4-5-11-19;/h6-9,15H,4-5,10-14H2,1-3H3,(H3,20,21,22);1H. The Morgan fingerprint density at radius 1 is 1.24 bits per heavy atom. The van der Waals surface area contributed by atoms with E-state index in [1.807, 2.05) is 38.1 Å². The quantitative estimate of drug-likeness (QED) is 0.342. The minimum atomic E-state index is 0. The lowest BCUT2D eigenvalue weighted by Crippen LogP contribution is -2.28. The number of ether oxygens (including phenoxy) is 2. The molecular formula is C19H32IN3O2. The normalized spacial score (nSPS) is 16.6. The molecule has 5 nitrogen and oxygen atoms in total. The van der Waals surface area contributed by atoms with Crippen molar-refractivity contribution in [3.63, 3.8) is 0 Å². The third kappa shape index (κ3) is 7.40. The Bertz CT molecular complexity index is 526. The summed E-state index contributed by atoms with van der Waals surface area (Å²) in [4.78, 5) is 4.59. The molecule has 0 saturated heterocycles. The van der Waals surface area contributed by atoms with Crippen LogP contribution < -0.4 is 15.8 Å². The second-order valence-electron chi connectivity index (χ2n) is 6.97. The van der Waals surface area contributed by atoms with Crippen molar-refractivity contribution in [1.82, 2.24) is 0 Å². The average molecular weight is 461 g/mol. The van der Waals surface area contributed by atoms with Crippen LogP contribution in [-0.2, 0) is 4.74 Å². The molecule has 0 bridgehead atoms. The highest BCUT2D eigenvalue weighted by molar-refractivity contribution is 14.0. The zero-order chi connectivity index (χ0) is 17.4. The monoisotopic (exact) mass is 461 g/mol. The molecule has 0 unspecified atom stereocenters. The van der Waals surface area contributed by atoms with Gasteiger partial charge in [0.1, 0.15) is 5.75 Å². The van der Waals surface area contributed by atoms with E-state index in [0.29, 0.717) is 5.96 Å². The van der Waals surface area contributed by atoms with Crippen molar-refractivity contribution in [2.24, 2.45) is 16.1 Å². The van der Waals surface area contributed by atoms with Crippen LogP contribution >= 0.6 is 24.0 Å². The second kappa shape index (κ2) is 10.9. The lowest BCUT2D eigenvalue weighted by Gasteiger charge is -2.26. The first kappa shape index (κ1) is 22.0. The highest BCUT2D eigenvalue weighted by Crippen LogP contribution is 2.41. The van der Waals surface area contributed by atoms with Crippen molar-refractivity contribution in [1.29, 1.82) is 0 Å². The number of benzene rings is 1. The minimum absolute atomic E-state index is 0. The van der Waals surface area contributed by atoms with Gasteiger partial charge in [-0.05, 0) is 62.8 Å². The Morgan fingerprint density at radius 2 is 1.88 bits per heavy atom. The highest BCUT2D eigenvalue weighted by Gasteiger charge is 2.33. The number of nitrogens with one attached hydrogen (secondary N) is 1. The fourth-order valence-corrected chi connectivity index (χ4v) is 3.26. The number of anilines is 1. The number of aliphatic imine (C=N–C) groups is 1. The van der Waals surface area contributed by atoms with Gasteiger partial charge in [-0.25, -0.2) is 0 Å². The Morgan fingerprint density at radius 3 is 2.44 bits per heavy atom. The topological polar surface area (TPSA) is 68.9 Å². The summed E-state index contributed by atoms with van der Waals surface area (Å²) in [7, 11) is 1.76. The summed E-state index contributed by atoms with van der Waals surface area (Å²) >= 11 is 0. The number of hydrogen-bond acceptors (Lipinski definition) is 3. The van der Waals surface area contributed by atoms with Crippen molar-refractivity contribution >= 4 is 35.6 Å². The molecule has 1 aromatic carbocycles. The molecule has 0 aliphatic heterocycles. The van der Waals surface area contributed by atoms with Gasteiger partial charge in [0.15, 0.2) is 5.96 Å². The molecule has 0 atom stereocenters. The van der Waals surface area contributed by atoms with E-state index < -0.39 is 0 Å². The fraction of sp³-hybridized carbons (Fsp3) is 0.632. The molecular weight excluding hydrogens is 429 g/mol. The van der Waals surface area contributed by atoms with E-state index in [0.717, 1.165) is 31.0 Å². The molecule has 6 heteroatoms. The van der Waals surface area contributed by atoms with Gasteiger partial charge in [0.2, 0.25) is 0 Å². The van der Waals surface area contributed by atoms with Crippen LogP contribution in [0.3, 0.4) is 0 Å². The van der Waals surface area contributed by atoms with Gasteiger partial charge in [-0.3, -0.25) is 4.99 Å². The van der Waals surface area contributed by atoms with Crippen LogP contribution in [0.1, 0.15) is 46.0 Å². The van der Waals surface area contributed by atoms with Crippen molar-refractivity contribution in [3.8, 4) is 5.75 Å². The van der Waals surface area contributed by atoms with Crippen LogP contribution in [0.25, 0.3) is 0 Å². The molecule has 1 aliphatic rings. The smallest absolute Gasteiger partial charge is 0.193 e.